The molecule has 1 fully saturated rings. The molecular formula is C15H25ClN2O3. The third-order valence-corrected chi connectivity index (χ3v) is 4.11. The van der Waals surface area contributed by atoms with E-state index in [9.17, 15) is 4.79 Å². The molecule has 120 valence electrons. The Labute approximate surface area is 132 Å². The molecule has 2 heterocycles. The van der Waals surface area contributed by atoms with E-state index in [1.165, 1.54) is 13.5 Å². The van der Waals surface area contributed by atoms with Crippen molar-refractivity contribution in [3.8, 4) is 0 Å². The van der Waals surface area contributed by atoms with Crippen molar-refractivity contribution in [1.29, 1.82) is 0 Å². The second-order valence-electron chi connectivity index (χ2n) is 5.66. The van der Waals surface area contributed by atoms with E-state index in [2.05, 4.69) is 11.8 Å². The number of hydrogen-bond acceptors (Lipinski definition) is 5. The number of likely N-dealkylation sites (tertiary alicyclic amines) is 1. The number of furan rings is 1. The molecule has 2 N–H and O–H groups in total. The summed E-state index contributed by atoms with van der Waals surface area (Å²) in [4.78, 5) is 13.9. The van der Waals surface area contributed by atoms with Crippen molar-refractivity contribution >= 4 is 18.4 Å². The van der Waals surface area contributed by atoms with Gasteiger partial charge in [-0.1, -0.05) is 6.92 Å². The summed E-state index contributed by atoms with van der Waals surface area (Å²) in [6, 6.07) is 2.18. The van der Waals surface area contributed by atoms with Gasteiger partial charge in [-0.05, 0) is 38.3 Å². The van der Waals surface area contributed by atoms with Crippen LogP contribution in [0.1, 0.15) is 41.6 Å². The number of ether oxygens (including phenoxy) is 1. The van der Waals surface area contributed by atoms with Gasteiger partial charge in [0.25, 0.3) is 0 Å². The van der Waals surface area contributed by atoms with Crippen molar-refractivity contribution in [3.05, 3.63) is 23.2 Å². The lowest BCUT2D eigenvalue weighted by molar-refractivity contribution is 0.0599. The molecule has 1 saturated heterocycles. The molecule has 6 heteroatoms. The topological polar surface area (TPSA) is 68.7 Å². The molecule has 5 nitrogen and oxygen atoms in total. The zero-order valence-electron chi connectivity index (χ0n) is 12.9. The van der Waals surface area contributed by atoms with Gasteiger partial charge in [0.1, 0.15) is 17.1 Å². The zero-order chi connectivity index (χ0) is 14.7. The van der Waals surface area contributed by atoms with Gasteiger partial charge in [-0.25, -0.2) is 4.79 Å². The maximum atomic E-state index is 11.6. The number of carbonyl (C=O) groups excluding carboxylic acids is 1. The van der Waals surface area contributed by atoms with Crippen molar-refractivity contribution in [2.45, 2.75) is 39.3 Å². The Balaban J connectivity index is 0.00000220. The molecule has 0 saturated carbocycles. The number of carbonyl (C=O) groups is 1. The monoisotopic (exact) mass is 316 g/mol. The summed E-state index contributed by atoms with van der Waals surface area (Å²) in [7, 11) is 1.38. The molecule has 0 spiro atoms. The van der Waals surface area contributed by atoms with Gasteiger partial charge in [0, 0.05) is 12.6 Å². The fourth-order valence-corrected chi connectivity index (χ4v) is 2.89. The Bertz CT molecular complexity index is 475. The molecule has 0 aliphatic carbocycles. The summed E-state index contributed by atoms with van der Waals surface area (Å²) in [5.74, 6) is 1.79. The molecule has 0 bridgehead atoms. The first-order chi connectivity index (χ1) is 9.55. The van der Waals surface area contributed by atoms with Crippen molar-refractivity contribution in [2.75, 3.05) is 20.2 Å². The smallest absolute Gasteiger partial charge is 0.341 e. The number of piperidine rings is 1. The lowest BCUT2D eigenvalue weighted by Gasteiger charge is -2.37. The van der Waals surface area contributed by atoms with Crippen LogP contribution in [0.2, 0.25) is 0 Å². The number of aryl methyl sites for hydroxylation is 1. The van der Waals surface area contributed by atoms with Crippen LogP contribution in [-0.2, 0) is 11.3 Å². The van der Waals surface area contributed by atoms with Crippen LogP contribution in [0.5, 0.6) is 0 Å². The minimum Gasteiger partial charge on any atom is -0.465 e. The lowest BCUT2D eigenvalue weighted by Crippen LogP contribution is -2.45. The molecule has 21 heavy (non-hydrogen) atoms. The normalized spacial score (nSPS) is 22.7. The molecule has 2 unspecified atom stereocenters. The maximum absolute atomic E-state index is 11.6. The second kappa shape index (κ2) is 7.82. The van der Waals surface area contributed by atoms with E-state index in [4.69, 9.17) is 14.9 Å². The van der Waals surface area contributed by atoms with Crippen LogP contribution in [-0.4, -0.2) is 37.1 Å². The predicted octanol–water partition coefficient (Wildman–Crippen LogP) is 2.36. The van der Waals surface area contributed by atoms with Gasteiger partial charge < -0.3 is 14.9 Å². The predicted molar refractivity (Wildman–Crippen MR) is 83.7 cm³/mol. The van der Waals surface area contributed by atoms with E-state index < -0.39 is 0 Å². The minimum absolute atomic E-state index is 0. The summed E-state index contributed by atoms with van der Waals surface area (Å²) in [6.45, 7) is 6.44. The number of nitrogens with two attached hydrogens (primary N) is 1. The number of halogens is 1. The third-order valence-electron chi connectivity index (χ3n) is 4.11. The highest BCUT2D eigenvalue weighted by Gasteiger charge is 2.26. The summed E-state index contributed by atoms with van der Waals surface area (Å²) in [5.41, 5.74) is 6.38. The van der Waals surface area contributed by atoms with E-state index in [1.54, 1.807) is 13.0 Å². The van der Waals surface area contributed by atoms with Gasteiger partial charge in [-0.2, -0.15) is 0 Å². The van der Waals surface area contributed by atoms with Gasteiger partial charge in [0.05, 0.1) is 13.7 Å². The third kappa shape index (κ3) is 4.22. The highest BCUT2D eigenvalue weighted by atomic mass is 35.5. The van der Waals surface area contributed by atoms with Gasteiger partial charge >= 0.3 is 5.97 Å². The van der Waals surface area contributed by atoms with Crippen molar-refractivity contribution in [2.24, 2.45) is 11.7 Å². The van der Waals surface area contributed by atoms with Gasteiger partial charge in [-0.3, -0.25) is 4.90 Å². The molecule has 2 atom stereocenters. The Morgan fingerprint density at radius 1 is 1.57 bits per heavy atom. The number of hydrogen-bond donors (Lipinski definition) is 1. The summed E-state index contributed by atoms with van der Waals surface area (Å²) in [6.07, 6.45) is 2.31. The van der Waals surface area contributed by atoms with Crippen molar-refractivity contribution in [1.82, 2.24) is 4.90 Å². The van der Waals surface area contributed by atoms with E-state index in [0.29, 0.717) is 30.5 Å². The highest BCUT2D eigenvalue weighted by Crippen LogP contribution is 2.25. The van der Waals surface area contributed by atoms with Crippen LogP contribution >= 0.6 is 12.4 Å². The van der Waals surface area contributed by atoms with Gasteiger partial charge in [0.2, 0.25) is 0 Å². The van der Waals surface area contributed by atoms with Gasteiger partial charge in [0.15, 0.2) is 0 Å². The Morgan fingerprint density at radius 3 is 2.90 bits per heavy atom. The van der Waals surface area contributed by atoms with Crippen molar-refractivity contribution in [3.63, 3.8) is 0 Å². The molecule has 0 amide bonds. The molecule has 1 aromatic heterocycles. The number of methoxy groups -OCH3 is 1. The van der Waals surface area contributed by atoms with Crippen LogP contribution < -0.4 is 5.73 Å². The fourth-order valence-electron chi connectivity index (χ4n) is 2.89. The van der Waals surface area contributed by atoms with Crippen LogP contribution in [0.4, 0.5) is 0 Å². The van der Waals surface area contributed by atoms with Crippen molar-refractivity contribution < 1.29 is 13.9 Å². The standard InChI is InChI=1S/C15H24N2O3.ClH/c1-10-4-5-17(12(6-10)8-16)9-13-7-14(11(2)20-13)15(18)19-3;/h7,10,12H,4-6,8-9,16H2,1-3H3;1H. The molecule has 0 aromatic carbocycles. The summed E-state index contributed by atoms with van der Waals surface area (Å²) < 4.78 is 10.4. The van der Waals surface area contributed by atoms with Crippen LogP contribution in [0.15, 0.2) is 10.5 Å². The number of rotatable bonds is 4. The van der Waals surface area contributed by atoms with E-state index in [0.717, 1.165) is 24.6 Å². The van der Waals surface area contributed by atoms with Crippen LogP contribution in [0.25, 0.3) is 0 Å². The van der Waals surface area contributed by atoms with Gasteiger partial charge in [-0.15, -0.1) is 12.4 Å². The number of esters is 1. The van der Waals surface area contributed by atoms with E-state index in [-0.39, 0.29) is 18.4 Å². The van der Waals surface area contributed by atoms with E-state index in [1.807, 2.05) is 0 Å². The second-order valence-corrected chi connectivity index (χ2v) is 5.66. The highest BCUT2D eigenvalue weighted by molar-refractivity contribution is 5.90. The molecule has 2 rings (SSSR count). The largest absolute Gasteiger partial charge is 0.465 e. The van der Waals surface area contributed by atoms with Crippen LogP contribution in [0.3, 0.4) is 0 Å². The van der Waals surface area contributed by atoms with Crippen LogP contribution in [0, 0.1) is 12.8 Å². The first kappa shape index (κ1) is 18.0. The minimum atomic E-state index is -0.347. The molecular weight excluding hydrogens is 292 g/mol. The van der Waals surface area contributed by atoms with E-state index >= 15 is 0 Å². The molecule has 1 aromatic rings. The first-order valence-corrected chi connectivity index (χ1v) is 7.16. The average molecular weight is 317 g/mol. The first-order valence-electron chi connectivity index (χ1n) is 7.16. The fraction of sp³-hybridized carbons (Fsp3) is 0.667. The number of nitrogens with zero attached hydrogens (tertiary/aromatic N) is 1. The summed E-state index contributed by atoms with van der Waals surface area (Å²) in [5, 5.41) is 0. The maximum Gasteiger partial charge on any atom is 0.341 e. The Morgan fingerprint density at radius 2 is 2.29 bits per heavy atom. The molecule has 1 aliphatic rings. The molecule has 0 radical (unpaired) electrons. The quantitative estimate of drug-likeness (QED) is 0.864. The lowest BCUT2D eigenvalue weighted by atomic mass is 9.92. The Kier molecular flexibility index (Phi) is 6.71. The SMILES string of the molecule is COC(=O)c1cc(CN2CCC(C)CC2CN)oc1C.Cl. The Hall–Kier alpha value is -1.04. The average Bonchev–Trinajstić information content (AvgIpc) is 2.80. The molecule has 1 aliphatic heterocycles. The zero-order valence-corrected chi connectivity index (χ0v) is 13.7. The summed E-state index contributed by atoms with van der Waals surface area (Å²) >= 11 is 0.